The molecule has 0 spiro atoms. The molecule has 1 aromatic heterocycles. The Balaban J connectivity index is 1.22. The smallest absolute Gasteiger partial charge is 0.419 e. The largest absolute Gasteiger partial charge is 0.472 e. The summed E-state index contributed by atoms with van der Waals surface area (Å²) in [7, 11) is 0. The van der Waals surface area contributed by atoms with E-state index in [1.165, 1.54) is 0 Å². The molecule has 1 aromatic carbocycles. The van der Waals surface area contributed by atoms with Crippen LogP contribution in [0.3, 0.4) is 0 Å². The molecule has 0 bridgehead atoms. The molecule has 2 saturated heterocycles. The molecule has 3 aliphatic rings. The molecule has 33 heavy (non-hydrogen) atoms. The van der Waals surface area contributed by atoms with Gasteiger partial charge in [-0.2, -0.15) is 13.2 Å². The van der Waals surface area contributed by atoms with Gasteiger partial charge in [-0.1, -0.05) is 0 Å². The van der Waals surface area contributed by atoms with Crippen molar-refractivity contribution in [1.82, 2.24) is 19.8 Å². The molecule has 1 amide bonds. The average Bonchev–Trinajstić information content (AvgIpc) is 3.58. The van der Waals surface area contributed by atoms with E-state index in [9.17, 15) is 22.4 Å². The van der Waals surface area contributed by atoms with Gasteiger partial charge in [0.2, 0.25) is 5.88 Å². The first kappa shape index (κ1) is 22.1. The van der Waals surface area contributed by atoms with E-state index < -0.39 is 23.5 Å². The molecule has 1 saturated carbocycles. The summed E-state index contributed by atoms with van der Waals surface area (Å²) < 4.78 is 58.5. The van der Waals surface area contributed by atoms with Gasteiger partial charge in [0.15, 0.2) is 0 Å². The van der Waals surface area contributed by atoms with Crippen LogP contribution in [0.2, 0.25) is 0 Å². The second-order valence-corrected chi connectivity index (χ2v) is 8.98. The normalized spacial score (nSPS) is 23.8. The van der Waals surface area contributed by atoms with Gasteiger partial charge < -0.3 is 9.64 Å². The van der Waals surface area contributed by atoms with Gasteiger partial charge in [0.1, 0.15) is 11.9 Å². The van der Waals surface area contributed by atoms with Gasteiger partial charge in [0.05, 0.1) is 23.7 Å². The minimum atomic E-state index is -4.80. The van der Waals surface area contributed by atoms with Crippen molar-refractivity contribution < 1.29 is 27.1 Å². The number of benzene rings is 1. The fourth-order valence-electron chi connectivity index (χ4n) is 4.69. The number of fused-ring (bicyclic) bond motifs is 1. The molecular weight excluding hydrogens is 440 g/mol. The summed E-state index contributed by atoms with van der Waals surface area (Å²) >= 11 is 0. The summed E-state index contributed by atoms with van der Waals surface area (Å²) in [5.74, 6) is -0.893. The van der Waals surface area contributed by atoms with Crippen LogP contribution in [0.4, 0.5) is 17.6 Å². The molecule has 10 heteroatoms. The molecular formula is C23H24F4N4O2. The molecule has 2 atom stereocenters. The lowest BCUT2D eigenvalue weighted by Gasteiger charge is -2.25. The van der Waals surface area contributed by atoms with Gasteiger partial charge in [-0.05, 0) is 37.5 Å². The van der Waals surface area contributed by atoms with Crippen molar-refractivity contribution in [2.75, 3.05) is 26.2 Å². The monoisotopic (exact) mass is 464 g/mol. The van der Waals surface area contributed by atoms with E-state index >= 15 is 0 Å². The van der Waals surface area contributed by atoms with Crippen molar-refractivity contribution in [3.8, 4) is 5.88 Å². The maximum Gasteiger partial charge on any atom is 0.419 e. The Hall–Kier alpha value is -2.75. The van der Waals surface area contributed by atoms with Crippen LogP contribution in [-0.2, 0) is 6.18 Å². The van der Waals surface area contributed by atoms with Crippen LogP contribution < -0.4 is 4.74 Å². The number of alkyl halides is 3. The molecule has 2 aliphatic heterocycles. The van der Waals surface area contributed by atoms with Gasteiger partial charge in [-0.3, -0.25) is 14.7 Å². The predicted molar refractivity (Wildman–Crippen MR) is 110 cm³/mol. The van der Waals surface area contributed by atoms with E-state index in [0.717, 1.165) is 31.1 Å². The third kappa shape index (κ3) is 4.80. The van der Waals surface area contributed by atoms with E-state index in [4.69, 9.17) is 4.74 Å². The Labute approximate surface area is 188 Å². The van der Waals surface area contributed by atoms with Crippen molar-refractivity contribution in [2.45, 2.75) is 49.9 Å². The summed E-state index contributed by atoms with van der Waals surface area (Å²) in [5, 5.41) is 0. The second-order valence-electron chi connectivity index (χ2n) is 8.98. The van der Waals surface area contributed by atoms with Crippen LogP contribution in [0, 0.1) is 5.82 Å². The third-order valence-electron chi connectivity index (χ3n) is 6.53. The number of hydrogen-bond acceptors (Lipinski definition) is 5. The minimum absolute atomic E-state index is 0.0550. The fourth-order valence-corrected chi connectivity index (χ4v) is 4.69. The molecule has 176 valence electrons. The average molecular weight is 464 g/mol. The number of rotatable bonds is 4. The Morgan fingerprint density at radius 3 is 2.58 bits per heavy atom. The van der Waals surface area contributed by atoms with E-state index in [2.05, 4.69) is 14.9 Å². The molecule has 0 N–H and O–H groups in total. The predicted octanol–water partition coefficient (Wildman–Crippen LogP) is 3.88. The highest BCUT2D eigenvalue weighted by molar-refractivity contribution is 5.94. The number of ether oxygens (including phenoxy) is 1. The van der Waals surface area contributed by atoms with Crippen LogP contribution in [0.1, 0.15) is 53.2 Å². The van der Waals surface area contributed by atoms with E-state index in [1.807, 2.05) is 0 Å². The lowest BCUT2D eigenvalue weighted by molar-refractivity contribution is -0.140. The van der Waals surface area contributed by atoms with Crippen LogP contribution in [0.5, 0.6) is 5.88 Å². The molecule has 2 aromatic rings. The Morgan fingerprint density at radius 2 is 1.91 bits per heavy atom. The number of carbonyl (C=O) groups excluding carboxylic acids is 1. The van der Waals surface area contributed by atoms with E-state index in [-0.39, 0.29) is 17.7 Å². The van der Waals surface area contributed by atoms with Crippen molar-refractivity contribution in [3.05, 3.63) is 53.2 Å². The highest BCUT2D eigenvalue weighted by Gasteiger charge is 2.38. The Morgan fingerprint density at radius 1 is 1.09 bits per heavy atom. The first-order valence-corrected chi connectivity index (χ1v) is 11.2. The lowest BCUT2D eigenvalue weighted by atomic mass is 10.1. The number of aromatic nitrogens is 2. The summed E-state index contributed by atoms with van der Waals surface area (Å²) in [4.78, 5) is 25.6. The maximum absolute atomic E-state index is 14.0. The zero-order chi connectivity index (χ0) is 23.2. The van der Waals surface area contributed by atoms with Crippen molar-refractivity contribution in [3.63, 3.8) is 0 Å². The lowest BCUT2D eigenvalue weighted by Crippen LogP contribution is -2.39. The number of hydrogen-bond donors (Lipinski definition) is 0. The van der Waals surface area contributed by atoms with Gasteiger partial charge in [-0.25, -0.2) is 9.37 Å². The Bertz CT molecular complexity index is 1030. The quantitative estimate of drug-likeness (QED) is 0.643. The molecule has 3 fully saturated rings. The highest BCUT2D eigenvalue weighted by Crippen LogP contribution is 2.38. The fraction of sp³-hybridized carbons (Fsp3) is 0.522. The van der Waals surface area contributed by atoms with Crippen LogP contribution in [-0.4, -0.2) is 64.0 Å². The minimum Gasteiger partial charge on any atom is -0.472 e. The molecule has 1 aliphatic carbocycles. The highest BCUT2D eigenvalue weighted by atomic mass is 19.4. The van der Waals surface area contributed by atoms with Gasteiger partial charge >= 0.3 is 6.18 Å². The maximum atomic E-state index is 14.0. The third-order valence-corrected chi connectivity index (χ3v) is 6.53. The van der Waals surface area contributed by atoms with Crippen molar-refractivity contribution in [2.24, 2.45) is 0 Å². The van der Waals surface area contributed by atoms with Crippen LogP contribution in [0.25, 0.3) is 0 Å². The SMILES string of the molecule is O=C(c1ccc(C(F)(F)F)c(F)c1)N1CCCN2C[C@H](Oc3cnc(C4CC4)cn3)C[C@@H]2C1. The second kappa shape index (κ2) is 8.55. The number of halogens is 4. The van der Waals surface area contributed by atoms with Crippen molar-refractivity contribution >= 4 is 5.91 Å². The molecule has 5 rings (SSSR count). The summed E-state index contributed by atoms with van der Waals surface area (Å²) in [6.45, 7) is 2.36. The topological polar surface area (TPSA) is 58.6 Å². The standard InChI is InChI=1S/C23H24F4N4O2/c24-19-8-15(4-5-18(19)23(25,26)27)22(32)31-7-1-6-30-13-17(9-16(30)12-31)33-21-11-28-20(10-29-21)14-2-3-14/h4-5,8,10-11,14,16-17H,1-3,6-7,9,12-13H2/t16-,17-/m1/s1. The van der Waals surface area contributed by atoms with Crippen molar-refractivity contribution in [1.29, 1.82) is 0 Å². The number of amides is 1. The number of nitrogens with zero attached hydrogens (tertiary/aromatic N) is 4. The van der Waals surface area contributed by atoms with Gasteiger partial charge in [0.25, 0.3) is 5.91 Å². The van der Waals surface area contributed by atoms with Crippen LogP contribution in [0.15, 0.2) is 30.6 Å². The summed E-state index contributed by atoms with van der Waals surface area (Å²) in [6.07, 6.45) is 2.26. The van der Waals surface area contributed by atoms with E-state index in [0.29, 0.717) is 56.4 Å². The molecule has 3 heterocycles. The first-order valence-electron chi connectivity index (χ1n) is 11.2. The number of carbonyl (C=O) groups is 1. The summed E-state index contributed by atoms with van der Waals surface area (Å²) in [6, 6.07) is 2.40. The zero-order valence-corrected chi connectivity index (χ0v) is 17.9. The summed E-state index contributed by atoms with van der Waals surface area (Å²) in [5.41, 5.74) is -0.451. The van der Waals surface area contributed by atoms with E-state index in [1.54, 1.807) is 17.3 Å². The van der Waals surface area contributed by atoms with Crippen LogP contribution >= 0.6 is 0 Å². The van der Waals surface area contributed by atoms with Gasteiger partial charge in [0, 0.05) is 50.1 Å². The van der Waals surface area contributed by atoms with Gasteiger partial charge in [-0.15, -0.1) is 0 Å². The zero-order valence-electron chi connectivity index (χ0n) is 17.9. The molecule has 6 nitrogen and oxygen atoms in total. The molecule has 0 unspecified atom stereocenters. The Kier molecular flexibility index (Phi) is 5.72. The first-order chi connectivity index (χ1) is 15.8. The molecule has 0 radical (unpaired) electrons.